The van der Waals surface area contributed by atoms with E-state index in [1.54, 1.807) is 23.9 Å². The van der Waals surface area contributed by atoms with E-state index in [0.29, 0.717) is 17.9 Å². The summed E-state index contributed by atoms with van der Waals surface area (Å²) < 4.78 is 14.7. The highest BCUT2D eigenvalue weighted by molar-refractivity contribution is 7.98. The van der Waals surface area contributed by atoms with Crippen molar-refractivity contribution in [1.82, 2.24) is 25.5 Å². The molecule has 1 aromatic heterocycles. The molecule has 0 aliphatic heterocycles. The van der Waals surface area contributed by atoms with Crippen molar-refractivity contribution >= 4 is 17.7 Å². The Hall–Kier alpha value is -1.96. The number of nitrogens with zero attached hydrogens (tertiary/aromatic N) is 4. The summed E-state index contributed by atoms with van der Waals surface area (Å²) >= 11 is 1.57. The first-order valence-electron chi connectivity index (χ1n) is 6.04. The van der Waals surface area contributed by atoms with Crippen LogP contribution in [0.2, 0.25) is 0 Å². The van der Waals surface area contributed by atoms with Crippen molar-refractivity contribution in [3.8, 4) is 0 Å². The molecule has 0 fully saturated rings. The maximum Gasteiger partial charge on any atom is 0.241 e. The van der Waals surface area contributed by atoms with Crippen molar-refractivity contribution in [3.05, 3.63) is 42.0 Å². The molecule has 20 heavy (non-hydrogen) atoms. The zero-order valence-corrected chi connectivity index (χ0v) is 11.5. The number of tetrazole rings is 1. The highest BCUT2D eigenvalue weighted by Gasteiger charge is 2.03. The molecule has 1 heterocycles. The number of aromatic nitrogens is 4. The minimum atomic E-state index is -0.192. The summed E-state index contributed by atoms with van der Waals surface area (Å²) in [6.07, 6.45) is 1.38. The number of halogens is 1. The summed E-state index contributed by atoms with van der Waals surface area (Å²) in [5, 5.41) is 13.2. The number of nitrogens with one attached hydrogen (secondary N) is 1. The third-order valence-electron chi connectivity index (χ3n) is 2.48. The van der Waals surface area contributed by atoms with Crippen LogP contribution in [-0.4, -0.2) is 38.4 Å². The molecule has 1 aromatic carbocycles. The molecule has 0 radical (unpaired) electrons. The van der Waals surface area contributed by atoms with E-state index in [-0.39, 0.29) is 18.3 Å². The Morgan fingerprint density at radius 2 is 2.25 bits per heavy atom. The lowest BCUT2D eigenvalue weighted by Gasteiger charge is -2.05. The third-order valence-corrected chi connectivity index (χ3v) is 3.49. The first kappa shape index (κ1) is 14.4. The molecule has 1 N–H and O–H groups in total. The number of rotatable bonds is 7. The van der Waals surface area contributed by atoms with Crippen LogP contribution in [0, 0.1) is 5.82 Å². The zero-order chi connectivity index (χ0) is 14.2. The number of thioether (sulfide) groups is 1. The van der Waals surface area contributed by atoms with Gasteiger partial charge in [-0.15, -0.1) is 5.10 Å². The quantitative estimate of drug-likeness (QED) is 0.767. The van der Waals surface area contributed by atoms with E-state index in [9.17, 15) is 9.18 Å². The molecule has 0 spiro atoms. The van der Waals surface area contributed by atoms with Gasteiger partial charge in [0.2, 0.25) is 5.91 Å². The van der Waals surface area contributed by atoms with Crippen LogP contribution in [0.4, 0.5) is 4.39 Å². The average Bonchev–Trinajstić information content (AvgIpc) is 2.93. The van der Waals surface area contributed by atoms with Crippen molar-refractivity contribution < 1.29 is 9.18 Å². The summed E-state index contributed by atoms with van der Waals surface area (Å²) in [7, 11) is 0. The van der Waals surface area contributed by atoms with Gasteiger partial charge >= 0.3 is 0 Å². The molecule has 0 saturated heterocycles. The van der Waals surface area contributed by atoms with Crippen LogP contribution in [0.25, 0.3) is 0 Å². The molecule has 0 aliphatic rings. The molecular formula is C12H14FN5OS. The van der Waals surface area contributed by atoms with E-state index < -0.39 is 0 Å². The normalized spacial score (nSPS) is 10.4. The number of amides is 1. The smallest absolute Gasteiger partial charge is 0.241 e. The number of hydrogen-bond acceptors (Lipinski definition) is 5. The van der Waals surface area contributed by atoms with Gasteiger partial charge < -0.3 is 5.32 Å². The number of benzene rings is 1. The van der Waals surface area contributed by atoms with E-state index in [1.807, 2.05) is 6.07 Å². The monoisotopic (exact) mass is 295 g/mol. The Morgan fingerprint density at radius 1 is 1.40 bits per heavy atom. The number of carbonyl (C=O) groups excluding carboxylic acids is 1. The summed E-state index contributed by atoms with van der Waals surface area (Å²) in [5.74, 6) is 0.970. The molecule has 0 atom stereocenters. The SMILES string of the molecule is O=C(Cn1cnnn1)NCCSCc1ccccc1F. The molecule has 1 amide bonds. The van der Waals surface area contributed by atoms with Crippen molar-refractivity contribution in [2.24, 2.45) is 0 Å². The molecule has 8 heteroatoms. The van der Waals surface area contributed by atoms with Crippen LogP contribution < -0.4 is 5.32 Å². The molecule has 0 aliphatic carbocycles. The van der Waals surface area contributed by atoms with Gasteiger partial charge in [-0.1, -0.05) is 18.2 Å². The van der Waals surface area contributed by atoms with E-state index >= 15 is 0 Å². The summed E-state index contributed by atoms with van der Waals surface area (Å²) in [6, 6.07) is 6.69. The zero-order valence-electron chi connectivity index (χ0n) is 10.7. The second kappa shape index (κ2) is 7.59. The second-order valence-corrected chi connectivity index (χ2v) is 5.11. The van der Waals surface area contributed by atoms with Gasteiger partial charge in [0.1, 0.15) is 18.7 Å². The summed E-state index contributed by atoms with van der Waals surface area (Å²) in [5.41, 5.74) is 0.678. The Kier molecular flexibility index (Phi) is 5.48. The first-order valence-corrected chi connectivity index (χ1v) is 7.20. The highest BCUT2D eigenvalue weighted by atomic mass is 32.2. The van der Waals surface area contributed by atoms with Crippen LogP contribution in [-0.2, 0) is 17.1 Å². The van der Waals surface area contributed by atoms with Gasteiger partial charge in [0, 0.05) is 18.1 Å². The van der Waals surface area contributed by atoms with Crippen molar-refractivity contribution in [1.29, 1.82) is 0 Å². The van der Waals surface area contributed by atoms with Crippen molar-refractivity contribution in [2.45, 2.75) is 12.3 Å². The molecule has 6 nitrogen and oxygen atoms in total. The largest absolute Gasteiger partial charge is 0.354 e. The summed E-state index contributed by atoms with van der Waals surface area (Å²) in [6.45, 7) is 0.630. The Morgan fingerprint density at radius 3 is 3.00 bits per heavy atom. The topological polar surface area (TPSA) is 72.7 Å². The van der Waals surface area contributed by atoms with Crippen LogP contribution in [0.1, 0.15) is 5.56 Å². The van der Waals surface area contributed by atoms with Crippen molar-refractivity contribution in [3.63, 3.8) is 0 Å². The van der Waals surface area contributed by atoms with Gasteiger partial charge in [-0.3, -0.25) is 4.79 Å². The molecule has 0 bridgehead atoms. The minimum absolute atomic E-state index is 0.102. The third kappa shape index (κ3) is 4.61. The molecule has 2 aromatic rings. The molecule has 2 rings (SSSR count). The van der Waals surface area contributed by atoms with Crippen LogP contribution in [0.5, 0.6) is 0 Å². The van der Waals surface area contributed by atoms with Gasteiger partial charge in [-0.25, -0.2) is 9.07 Å². The Balaban J connectivity index is 1.60. The predicted octanol–water partition coefficient (Wildman–Crippen LogP) is 0.862. The van der Waals surface area contributed by atoms with E-state index in [0.717, 1.165) is 5.75 Å². The van der Waals surface area contributed by atoms with Crippen LogP contribution >= 0.6 is 11.8 Å². The van der Waals surface area contributed by atoms with E-state index in [1.165, 1.54) is 17.1 Å². The molecular weight excluding hydrogens is 281 g/mol. The van der Waals surface area contributed by atoms with Gasteiger partial charge in [0.25, 0.3) is 0 Å². The summed E-state index contributed by atoms with van der Waals surface area (Å²) in [4.78, 5) is 11.5. The lowest BCUT2D eigenvalue weighted by Crippen LogP contribution is -2.29. The fourth-order valence-electron chi connectivity index (χ4n) is 1.52. The van der Waals surface area contributed by atoms with Gasteiger partial charge in [0.15, 0.2) is 0 Å². The fourth-order valence-corrected chi connectivity index (χ4v) is 2.36. The van der Waals surface area contributed by atoms with Crippen LogP contribution in [0.15, 0.2) is 30.6 Å². The van der Waals surface area contributed by atoms with Gasteiger partial charge in [-0.05, 0) is 22.1 Å². The lowest BCUT2D eigenvalue weighted by molar-refractivity contribution is -0.121. The number of carbonyl (C=O) groups is 1. The maximum absolute atomic E-state index is 13.3. The van der Waals surface area contributed by atoms with Gasteiger partial charge in [-0.2, -0.15) is 11.8 Å². The first-order chi connectivity index (χ1) is 9.75. The molecule has 106 valence electrons. The van der Waals surface area contributed by atoms with E-state index in [2.05, 4.69) is 20.8 Å². The maximum atomic E-state index is 13.3. The van der Waals surface area contributed by atoms with E-state index in [4.69, 9.17) is 0 Å². The van der Waals surface area contributed by atoms with Crippen LogP contribution in [0.3, 0.4) is 0 Å². The second-order valence-electron chi connectivity index (χ2n) is 4.00. The highest BCUT2D eigenvalue weighted by Crippen LogP contribution is 2.14. The van der Waals surface area contributed by atoms with Crippen molar-refractivity contribution in [2.75, 3.05) is 12.3 Å². The Labute approximate surface area is 119 Å². The Bertz CT molecular complexity index is 549. The lowest BCUT2D eigenvalue weighted by atomic mass is 10.2. The predicted molar refractivity (Wildman–Crippen MR) is 73.4 cm³/mol. The molecule has 0 saturated carbocycles. The average molecular weight is 295 g/mol. The molecule has 0 unspecified atom stereocenters. The fraction of sp³-hybridized carbons (Fsp3) is 0.333. The standard InChI is InChI=1S/C12H14FN5OS/c13-11-4-2-1-3-10(11)8-20-6-5-14-12(19)7-18-9-15-16-17-18/h1-4,9H,5-8H2,(H,14,19). The minimum Gasteiger partial charge on any atom is -0.354 e. The van der Waals surface area contributed by atoms with Gasteiger partial charge in [0.05, 0.1) is 0 Å². The number of hydrogen-bond donors (Lipinski definition) is 1.